The number of sulfone groups is 1. The third-order valence-corrected chi connectivity index (χ3v) is 4.71. The van der Waals surface area contributed by atoms with Crippen LogP contribution in [0.25, 0.3) is 5.57 Å². The van der Waals surface area contributed by atoms with E-state index >= 15 is 0 Å². The number of fused-ring (bicyclic) bond motifs is 1. The smallest absolute Gasteiger partial charge is 0.200 e. The van der Waals surface area contributed by atoms with Crippen LogP contribution in [0.5, 0.6) is 17.2 Å². The lowest BCUT2D eigenvalue weighted by Gasteiger charge is -2.09. The molecule has 1 aliphatic heterocycles. The van der Waals surface area contributed by atoms with Crippen molar-refractivity contribution in [1.82, 2.24) is 0 Å². The van der Waals surface area contributed by atoms with Crippen molar-refractivity contribution in [3.8, 4) is 17.2 Å². The highest BCUT2D eigenvalue weighted by Crippen LogP contribution is 2.39. The fraction of sp³-hybridized carbons (Fsp3) is 0.0667. The summed E-state index contributed by atoms with van der Waals surface area (Å²) < 4.78 is 29.5. The lowest BCUT2D eigenvalue weighted by Crippen LogP contribution is -1.99. The molecule has 3 rings (SSSR count). The highest BCUT2D eigenvalue weighted by molar-refractivity contribution is 7.95. The van der Waals surface area contributed by atoms with Crippen LogP contribution in [0.15, 0.2) is 52.8 Å². The Labute approximate surface area is 121 Å². The van der Waals surface area contributed by atoms with E-state index in [2.05, 4.69) is 0 Å². The van der Waals surface area contributed by atoms with Crippen molar-refractivity contribution in [2.24, 2.45) is 0 Å². The van der Waals surface area contributed by atoms with Gasteiger partial charge in [-0.3, -0.25) is 0 Å². The molecular weight excluding hydrogens is 292 g/mol. The van der Waals surface area contributed by atoms with E-state index in [9.17, 15) is 18.6 Å². The van der Waals surface area contributed by atoms with Gasteiger partial charge < -0.3 is 14.9 Å². The molecule has 0 radical (unpaired) electrons. The maximum Gasteiger partial charge on any atom is 0.200 e. The second kappa shape index (κ2) is 4.82. The van der Waals surface area contributed by atoms with Crippen molar-refractivity contribution in [2.75, 3.05) is 6.61 Å². The summed E-state index contributed by atoms with van der Waals surface area (Å²) in [5.74, 6) is 0.525. The molecule has 1 aliphatic rings. The summed E-state index contributed by atoms with van der Waals surface area (Å²) in [4.78, 5) is 0.0896. The number of phenols is 2. The molecular formula is C15H12O5S. The molecule has 0 spiro atoms. The van der Waals surface area contributed by atoms with Crippen molar-refractivity contribution in [3.63, 3.8) is 0 Å². The van der Waals surface area contributed by atoms with Crippen molar-refractivity contribution in [1.29, 1.82) is 0 Å². The fourth-order valence-electron chi connectivity index (χ4n) is 2.20. The first-order valence-corrected chi connectivity index (χ1v) is 7.72. The van der Waals surface area contributed by atoms with Crippen molar-refractivity contribution >= 4 is 15.4 Å². The molecule has 0 unspecified atom stereocenters. The van der Waals surface area contributed by atoms with E-state index in [1.165, 1.54) is 30.3 Å². The molecule has 108 valence electrons. The third kappa shape index (κ3) is 2.45. The topological polar surface area (TPSA) is 83.8 Å². The number of hydrogen-bond acceptors (Lipinski definition) is 5. The minimum absolute atomic E-state index is 0.00851. The van der Waals surface area contributed by atoms with Crippen LogP contribution >= 0.6 is 0 Å². The molecule has 0 amide bonds. The first kappa shape index (κ1) is 13.5. The van der Waals surface area contributed by atoms with Crippen LogP contribution in [0, 0.1) is 0 Å². The van der Waals surface area contributed by atoms with Crippen LogP contribution in [-0.4, -0.2) is 25.2 Å². The zero-order valence-electron chi connectivity index (χ0n) is 10.9. The monoisotopic (exact) mass is 304 g/mol. The van der Waals surface area contributed by atoms with Gasteiger partial charge in [0.2, 0.25) is 9.84 Å². The zero-order valence-corrected chi connectivity index (χ0v) is 11.7. The number of benzene rings is 2. The van der Waals surface area contributed by atoms with Gasteiger partial charge in [-0.1, -0.05) is 6.07 Å². The highest BCUT2D eigenvalue weighted by Gasteiger charge is 2.29. The Balaban J connectivity index is 1.89. The summed E-state index contributed by atoms with van der Waals surface area (Å²) in [6, 6.07) is 10.5. The van der Waals surface area contributed by atoms with Gasteiger partial charge in [-0.25, -0.2) is 8.42 Å². The van der Waals surface area contributed by atoms with Crippen LogP contribution in [0.2, 0.25) is 0 Å². The van der Waals surface area contributed by atoms with Crippen LogP contribution in [-0.2, 0) is 9.84 Å². The molecule has 5 nitrogen and oxygen atoms in total. The van der Waals surface area contributed by atoms with E-state index in [0.29, 0.717) is 11.3 Å². The first-order chi connectivity index (χ1) is 9.97. The van der Waals surface area contributed by atoms with Gasteiger partial charge in [0.1, 0.15) is 23.9 Å². The van der Waals surface area contributed by atoms with Gasteiger partial charge in [0.05, 0.1) is 4.90 Å². The lowest BCUT2D eigenvalue weighted by atomic mass is 10.1. The minimum atomic E-state index is -3.53. The Hall–Kier alpha value is -2.47. The van der Waals surface area contributed by atoms with Crippen LogP contribution in [0.4, 0.5) is 0 Å². The first-order valence-electron chi connectivity index (χ1n) is 6.17. The van der Waals surface area contributed by atoms with Crippen molar-refractivity contribution < 1.29 is 23.4 Å². The number of ether oxygens (including phenoxy) is 1. The number of phenolic OH excluding ortho intramolecular Hbond substituents is 2. The molecule has 1 heterocycles. The average molecular weight is 304 g/mol. The standard InChI is InChI=1S/C15H12O5S/c16-11-4-6-12(7-5-11)20-8-10-9-21(18,19)14-3-1-2-13(17)15(10)14/h1-7,9,16-17H,8H2. The van der Waals surface area contributed by atoms with E-state index < -0.39 is 9.84 Å². The maximum atomic E-state index is 12.0. The van der Waals surface area contributed by atoms with Crippen LogP contribution in [0.1, 0.15) is 5.56 Å². The molecule has 2 aromatic rings. The molecule has 21 heavy (non-hydrogen) atoms. The summed E-state index contributed by atoms with van der Waals surface area (Å²) in [7, 11) is -3.53. The lowest BCUT2D eigenvalue weighted by molar-refractivity contribution is 0.367. The van der Waals surface area contributed by atoms with E-state index in [0.717, 1.165) is 5.41 Å². The summed E-state index contributed by atoms with van der Waals surface area (Å²) in [6.45, 7) is 0.00851. The third-order valence-electron chi connectivity index (χ3n) is 3.16. The summed E-state index contributed by atoms with van der Waals surface area (Å²) in [5.41, 5.74) is 0.687. The summed E-state index contributed by atoms with van der Waals surface area (Å²) >= 11 is 0. The Morgan fingerprint density at radius 3 is 2.43 bits per heavy atom. The average Bonchev–Trinajstić information content (AvgIpc) is 2.71. The van der Waals surface area contributed by atoms with Gasteiger partial charge in [-0.2, -0.15) is 0 Å². The minimum Gasteiger partial charge on any atom is -0.508 e. The molecule has 2 N–H and O–H groups in total. The van der Waals surface area contributed by atoms with E-state index in [-0.39, 0.29) is 28.6 Å². The molecule has 0 aliphatic carbocycles. The van der Waals surface area contributed by atoms with E-state index in [1.54, 1.807) is 12.1 Å². The number of rotatable bonds is 3. The molecule has 6 heteroatoms. The Kier molecular flexibility index (Phi) is 3.10. The highest BCUT2D eigenvalue weighted by atomic mass is 32.2. The molecule has 2 aromatic carbocycles. The normalized spacial score (nSPS) is 15.3. The fourth-order valence-corrected chi connectivity index (χ4v) is 3.67. The predicted octanol–water partition coefficient (Wildman–Crippen LogP) is 2.30. The summed E-state index contributed by atoms with van der Waals surface area (Å²) in [6.07, 6.45) is 0. The van der Waals surface area contributed by atoms with Crippen LogP contribution in [0.3, 0.4) is 0 Å². The SMILES string of the molecule is O=S1(=O)C=C(COc2ccc(O)cc2)c2c(O)cccc21. The quantitative estimate of drug-likeness (QED) is 0.909. The van der Waals surface area contributed by atoms with Gasteiger partial charge in [0.15, 0.2) is 0 Å². The maximum absolute atomic E-state index is 12.0. The number of hydrogen-bond donors (Lipinski definition) is 2. The second-order valence-electron chi connectivity index (χ2n) is 4.62. The predicted molar refractivity (Wildman–Crippen MR) is 76.9 cm³/mol. The molecule has 0 saturated heterocycles. The number of aromatic hydroxyl groups is 2. The van der Waals surface area contributed by atoms with E-state index in [1.807, 2.05) is 0 Å². The van der Waals surface area contributed by atoms with Gasteiger partial charge in [0, 0.05) is 16.5 Å². The van der Waals surface area contributed by atoms with Gasteiger partial charge >= 0.3 is 0 Å². The van der Waals surface area contributed by atoms with Gasteiger partial charge in [-0.15, -0.1) is 0 Å². The molecule has 0 atom stereocenters. The van der Waals surface area contributed by atoms with Gasteiger partial charge in [-0.05, 0) is 36.4 Å². The molecule has 0 aromatic heterocycles. The largest absolute Gasteiger partial charge is 0.508 e. The van der Waals surface area contributed by atoms with Gasteiger partial charge in [0.25, 0.3) is 0 Å². The zero-order chi connectivity index (χ0) is 15.0. The van der Waals surface area contributed by atoms with Crippen molar-refractivity contribution in [3.05, 3.63) is 53.4 Å². The summed E-state index contributed by atoms with van der Waals surface area (Å²) in [5, 5.41) is 20.2. The Morgan fingerprint density at radius 2 is 1.71 bits per heavy atom. The molecule has 0 bridgehead atoms. The molecule has 0 fully saturated rings. The molecule has 0 saturated carbocycles. The van der Waals surface area contributed by atoms with Crippen molar-refractivity contribution in [2.45, 2.75) is 4.90 Å². The van der Waals surface area contributed by atoms with E-state index in [4.69, 9.17) is 4.74 Å². The second-order valence-corrected chi connectivity index (χ2v) is 6.39. The van der Waals surface area contributed by atoms with Crippen LogP contribution < -0.4 is 4.74 Å². The Bertz CT molecular complexity index is 820. The Morgan fingerprint density at radius 1 is 1.00 bits per heavy atom.